The number of benzene rings is 1. The Balaban J connectivity index is 1.59. The SMILES string of the molecule is NC(=NCCc1cccc2[nH]ccc12)NC1CCC1. The molecule has 1 aliphatic rings. The van der Waals surface area contributed by atoms with Crippen LogP contribution in [0.25, 0.3) is 10.9 Å². The maximum atomic E-state index is 5.87. The van der Waals surface area contributed by atoms with Crippen LogP contribution in [0.2, 0.25) is 0 Å². The van der Waals surface area contributed by atoms with Crippen LogP contribution in [0.1, 0.15) is 24.8 Å². The van der Waals surface area contributed by atoms with Crippen molar-refractivity contribution in [3.63, 3.8) is 0 Å². The van der Waals surface area contributed by atoms with E-state index in [1.165, 1.54) is 35.7 Å². The third-order valence-corrected chi connectivity index (χ3v) is 3.81. The van der Waals surface area contributed by atoms with Gasteiger partial charge in [-0.15, -0.1) is 0 Å². The van der Waals surface area contributed by atoms with Gasteiger partial charge in [0.2, 0.25) is 0 Å². The van der Waals surface area contributed by atoms with Crippen LogP contribution in [-0.2, 0) is 6.42 Å². The number of aromatic nitrogens is 1. The maximum Gasteiger partial charge on any atom is 0.188 e. The van der Waals surface area contributed by atoms with E-state index in [-0.39, 0.29) is 0 Å². The summed E-state index contributed by atoms with van der Waals surface area (Å²) in [5.74, 6) is 0.589. The summed E-state index contributed by atoms with van der Waals surface area (Å²) in [7, 11) is 0. The Hall–Kier alpha value is -1.97. The van der Waals surface area contributed by atoms with Crippen LogP contribution in [0.4, 0.5) is 0 Å². The molecule has 0 bridgehead atoms. The molecular formula is C15H20N4. The lowest BCUT2D eigenvalue weighted by Gasteiger charge is -2.26. The third-order valence-electron chi connectivity index (χ3n) is 3.81. The van der Waals surface area contributed by atoms with E-state index in [0.717, 1.165) is 13.0 Å². The molecule has 19 heavy (non-hydrogen) atoms. The highest BCUT2D eigenvalue weighted by Crippen LogP contribution is 2.18. The molecule has 2 aromatic rings. The second-order valence-electron chi connectivity index (χ2n) is 5.15. The van der Waals surface area contributed by atoms with Gasteiger partial charge >= 0.3 is 0 Å². The second-order valence-corrected chi connectivity index (χ2v) is 5.15. The maximum absolute atomic E-state index is 5.87. The molecule has 4 N–H and O–H groups in total. The number of aliphatic imine (C=N–C) groups is 1. The van der Waals surface area contributed by atoms with Crippen molar-refractivity contribution in [1.29, 1.82) is 0 Å². The van der Waals surface area contributed by atoms with Crippen LogP contribution < -0.4 is 11.1 Å². The summed E-state index contributed by atoms with van der Waals surface area (Å²) in [5, 5.41) is 4.54. The molecule has 0 unspecified atom stereocenters. The van der Waals surface area contributed by atoms with Gasteiger partial charge in [0.05, 0.1) is 0 Å². The van der Waals surface area contributed by atoms with Crippen molar-refractivity contribution in [2.45, 2.75) is 31.7 Å². The molecular weight excluding hydrogens is 236 g/mol. The Kier molecular flexibility index (Phi) is 3.40. The summed E-state index contributed by atoms with van der Waals surface area (Å²) in [6.07, 6.45) is 6.64. The second kappa shape index (κ2) is 5.34. The molecule has 0 amide bonds. The lowest BCUT2D eigenvalue weighted by Crippen LogP contribution is -2.43. The minimum absolute atomic E-state index is 0.553. The molecule has 0 atom stereocenters. The van der Waals surface area contributed by atoms with Gasteiger partial charge in [0.25, 0.3) is 0 Å². The van der Waals surface area contributed by atoms with Crippen molar-refractivity contribution < 1.29 is 0 Å². The fraction of sp³-hybridized carbons (Fsp3) is 0.400. The Morgan fingerprint density at radius 3 is 3.05 bits per heavy atom. The van der Waals surface area contributed by atoms with E-state index in [1.54, 1.807) is 0 Å². The van der Waals surface area contributed by atoms with Gasteiger partial charge < -0.3 is 16.0 Å². The summed E-state index contributed by atoms with van der Waals surface area (Å²) in [4.78, 5) is 7.63. The number of hydrogen-bond acceptors (Lipinski definition) is 1. The van der Waals surface area contributed by atoms with Crippen molar-refractivity contribution in [3.05, 3.63) is 36.0 Å². The van der Waals surface area contributed by atoms with Crippen molar-refractivity contribution in [1.82, 2.24) is 10.3 Å². The van der Waals surface area contributed by atoms with Crippen LogP contribution in [0.15, 0.2) is 35.5 Å². The smallest absolute Gasteiger partial charge is 0.188 e. The number of guanidine groups is 1. The monoisotopic (exact) mass is 256 g/mol. The van der Waals surface area contributed by atoms with Crippen LogP contribution in [0.5, 0.6) is 0 Å². The summed E-state index contributed by atoms with van der Waals surface area (Å²) >= 11 is 0. The van der Waals surface area contributed by atoms with Crippen molar-refractivity contribution >= 4 is 16.9 Å². The first-order valence-corrected chi connectivity index (χ1v) is 6.94. The molecule has 4 nitrogen and oxygen atoms in total. The molecule has 4 heteroatoms. The standard InChI is InChI=1S/C15H20N4/c16-15(19-12-4-2-5-12)18-9-7-11-3-1-6-14-13(11)8-10-17-14/h1,3,6,8,10,12,17H,2,4-5,7,9H2,(H3,16,18,19). The Bertz CT molecular complexity index is 581. The first kappa shape index (κ1) is 12.1. The summed E-state index contributed by atoms with van der Waals surface area (Å²) < 4.78 is 0. The quantitative estimate of drug-likeness (QED) is 0.580. The zero-order valence-corrected chi connectivity index (χ0v) is 11.0. The highest BCUT2D eigenvalue weighted by molar-refractivity contribution is 5.83. The average Bonchev–Trinajstić information content (AvgIpc) is 2.83. The molecule has 1 aromatic carbocycles. The normalized spacial score (nSPS) is 16.5. The van der Waals surface area contributed by atoms with E-state index in [0.29, 0.717) is 12.0 Å². The number of fused-ring (bicyclic) bond motifs is 1. The van der Waals surface area contributed by atoms with E-state index in [2.05, 4.69) is 39.6 Å². The van der Waals surface area contributed by atoms with Crippen molar-refractivity contribution in [2.24, 2.45) is 10.7 Å². The van der Waals surface area contributed by atoms with Gasteiger partial charge in [-0.1, -0.05) is 12.1 Å². The van der Waals surface area contributed by atoms with Gasteiger partial charge in [0.1, 0.15) is 0 Å². The first-order chi connectivity index (χ1) is 9.33. The number of nitrogens with zero attached hydrogens (tertiary/aromatic N) is 1. The molecule has 0 spiro atoms. The molecule has 3 rings (SSSR count). The topological polar surface area (TPSA) is 66.2 Å². The average molecular weight is 256 g/mol. The zero-order valence-electron chi connectivity index (χ0n) is 11.0. The van der Waals surface area contributed by atoms with Crippen LogP contribution in [0.3, 0.4) is 0 Å². The van der Waals surface area contributed by atoms with Crippen molar-refractivity contribution in [2.75, 3.05) is 6.54 Å². The summed E-state index contributed by atoms with van der Waals surface area (Å²) in [6, 6.07) is 8.99. The van der Waals surface area contributed by atoms with E-state index in [1.807, 2.05) is 6.20 Å². The molecule has 0 aliphatic heterocycles. The third kappa shape index (κ3) is 2.72. The number of H-pyrrole nitrogens is 1. The highest BCUT2D eigenvalue weighted by atomic mass is 15.1. The van der Waals surface area contributed by atoms with Crippen LogP contribution >= 0.6 is 0 Å². The van der Waals surface area contributed by atoms with E-state index in [4.69, 9.17) is 5.73 Å². The fourth-order valence-electron chi connectivity index (χ4n) is 2.47. The minimum Gasteiger partial charge on any atom is -0.370 e. The lowest BCUT2D eigenvalue weighted by molar-refractivity contribution is 0.382. The zero-order chi connectivity index (χ0) is 13.1. The molecule has 0 radical (unpaired) electrons. The highest BCUT2D eigenvalue weighted by Gasteiger charge is 2.17. The number of nitrogens with two attached hydrogens (primary N) is 1. The largest absolute Gasteiger partial charge is 0.370 e. The molecule has 1 saturated carbocycles. The Morgan fingerprint density at radius 1 is 1.37 bits per heavy atom. The lowest BCUT2D eigenvalue weighted by atomic mass is 9.93. The molecule has 1 aliphatic carbocycles. The van der Waals surface area contributed by atoms with Gasteiger partial charge in [-0.3, -0.25) is 4.99 Å². The summed E-state index contributed by atoms with van der Waals surface area (Å²) in [5.41, 5.74) is 8.37. The molecule has 1 heterocycles. The van der Waals surface area contributed by atoms with Gasteiger partial charge in [-0.05, 0) is 43.4 Å². The van der Waals surface area contributed by atoms with Crippen LogP contribution in [-0.4, -0.2) is 23.5 Å². The van der Waals surface area contributed by atoms with E-state index in [9.17, 15) is 0 Å². The van der Waals surface area contributed by atoms with Gasteiger partial charge in [0, 0.05) is 29.7 Å². The first-order valence-electron chi connectivity index (χ1n) is 6.94. The molecule has 0 saturated heterocycles. The molecule has 1 fully saturated rings. The van der Waals surface area contributed by atoms with Crippen molar-refractivity contribution in [3.8, 4) is 0 Å². The molecule has 1 aromatic heterocycles. The molecule has 100 valence electrons. The number of rotatable bonds is 4. The predicted molar refractivity (Wildman–Crippen MR) is 79.3 cm³/mol. The predicted octanol–water partition coefficient (Wildman–Crippen LogP) is 2.17. The van der Waals surface area contributed by atoms with Gasteiger partial charge in [-0.2, -0.15) is 0 Å². The van der Waals surface area contributed by atoms with Gasteiger partial charge in [0.15, 0.2) is 5.96 Å². The van der Waals surface area contributed by atoms with Gasteiger partial charge in [-0.25, -0.2) is 0 Å². The Labute approximate surface area is 113 Å². The number of hydrogen-bond donors (Lipinski definition) is 3. The number of aromatic amines is 1. The van der Waals surface area contributed by atoms with Crippen LogP contribution in [0, 0.1) is 0 Å². The Morgan fingerprint density at radius 2 is 2.26 bits per heavy atom. The minimum atomic E-state index is 0.553. The fourth-order valence-corrected chi connectivity index (χ4v) is 2.47. The van der Waals surface area contributed by atoms with E-state index < -0.39 is 0 Å². The summed E-state index contributed by atoms with van der Waals surface area (Å²) in [6.45, 7) is 0.732. The van der Waals surface area contributed by atoms with E-state index >= 15 is 0 Å². The number of nitrogens with one attached hydrogen (secondary N) is 2.